The van der Waals surface area contributed by atoms with Crippen LogP contribution in [0.3, 0.4) is 0 Å². The summed E-state index contributed by atoms with van der Waals surface area (Å²) in [5, 5.41) is 0. The quantitative estimate of drug-likeness (QED) is 0.786. The third-order valence-corrected chi connectivity index (χ3v) is 2.65. The Balaban J connectivity index is 2.69. The maximum Gasteiger partial charge on any atom is 0.417 e. The first-order valence-corrected chi connectivity index (χ1v) is 5.28. The summed E-state index contributed by atoms with van der Waals surface area (Å²) in [5.41, 5.74) is 5.89. The van der Waals surface area contributed by atoms with Gasteiger partial charge in [0.15, 0.2) is 0 Å². The molecular formula is C13H11F3N2. The number of halogens is 3. The highest BCUT2D eigenvalue weighted by Crippen LogP contribution is 2.38. The number of nitrogen functional groups attached to an aromatic ring is 1. The molecule has 0 spiro atoms. The molecule has 2 nitrogen and oxygen atoms in total. The van der Waals surface area contributed by atoms with Gasteiger partial charge < -0.3 is 5.73 Å². The summed E-state index contributed by atoms with van der Waals surface area (Å²) < 4.78 is 38.9. The zero-order chi connectivity index (χ0) is 13.3. The minimum absolute atomic E-state index is 0.0904. The number of rotatable bonds is 1. The number of aromatic nitrogens is 1. The molecule has 0 saturated carbocycles. The van der Waals surface area contributed by atoms with Gasteiger partial charge in [-0.2, -0.15) is 13.2 Å². The molecule has 0 fully saturated rings. The average Bonchev–Trinajstić information content (AvgIpc) is 2.29. The number of alkyl halides is 3. The summed E-state index contributed by atoms with van der Waals surface area (Å²) in [4.78, 5) is 4.00. The predicted molar refractivity (Wildman–Crippen MR) is 63.8 cm³/mol. The van der Waals surface area contributed by atoms with Crippen molar-refractivity contribution in [1.82, 2.24) is 4.98 Å². The number of hydrogen-bond acceptors (Lipinski definition) is 2. The molecule has 0 saturated heterocycles. The molecule has 0 unspecified atom stereocenters. The number of anilines is 1. The van der Waals surface area contributed by atoms with E-state index < -0.39 is 11.7 Å². The van der Waals surface area contributed by atoms with Crippen molar-refractivity contribution in [1.29, 1.82) is 0 Å². The molecule has 18 heavy (non-hydrogen) atoms. The number of nitrogens with two attached hydrogens (primary N) is 1. The minimum atomic E-state index is -4.44. The van der Waals surface area contributed by atoms with Crippen molar-refractivity contribution < 1.29 is 13.2 Å². The van der Waals surface area contributed by atoms with Gasteiger partial charge in [-0.25, -0.2) is 0 Å². The van der Waals surface area contributed by atoms with Crippen molar-refractivity contribution in [3.05, 3.63) is 47.8 Å². The van der Waals surface area contributed by atoms with Crippen molar-refractivity contribution in [2.75, 3.05) is 5.73 Å². The van der Waals surface area contributed by atoms with E-state index >= 15 is 0 Å². The Kier molecular flexibility index (Phi) is 2.98. The van der Waals surface area contributed by atoms with Crippen molar-refractivity contribution in [2.45, 2.75) is 13.1 Å². The highest BCUT2D eigenvalue weighted by molar-refractivity contribution is 5.72. The minimum Gasteiger partial charge on any atom is -0.399 e. The number of benzene rings is 1. The first-order valence-electron chi connectivity index (χ1n) is 5.28. The van der Waals surface area contributed by atoms with E-state index in [1.165, 1.54) is 12.1 Å². The lowest BCUT2D eigenvalue weighted by Crippen LogP contribution is -2.08. The smallest absolute Gasteiger partial charge is 0.399 e. The summed E-state index contributed by atoms with van der Waals surface area (Å²) in [6.07, 6.45) is -2.89. The Morgan fingerprint density at radius 1 is 1.11 bits per heavy atom. The van der Waals surface area contributed by atoms with Gasteiger partial charge in [0.1, 0.15) is 0 Å². The zero-order valence-corrected chi connectivity index (χ0v) is 9.62. The van der Waals surface area contributed by atoms with E-state index in [1.807, 2.05) is 0 Å². The number of nitrogens with zero attached hydrogens (tertiary/aromatic N) is 1. The van der Waals surface area contributed by atoms with Gasteiger partial charge in [-0.15, -0.1) is 0 Å². The molecule has 2 N–H and O–H groups in total. The average molecular weight is 252 g/mol. The van der Waals surface area contributed by atoms with Crippen LogP contribution in [0.15, 0.2) is 36.5 Å². The number of hydrogen-bond donors (Lipinski definition) is 1. The fraction of sp³-hybridized carbons (Fsp3) is 0.154. The summed E-state index contributed by atoms with van der Waals surface area (Å²) >= 11 is 0. The molecule has 2 rings (SSSR count). The predicted octanol–water partition coefficient (Wildman–Crippen LogP) is 3.66. The largest absolute Gasteiger partial charge is 0.417 e. The summed E-state index contributed by atoms with van der Waals surface area (Å²) in [7, 11) is 0. The van der Waals surface area contributed by atoms with Crippen LogP contribution in [-0.4, -0.2) is 4.98 Å². The van der Waals surface area contributed by atoms with Gasteiger partial charge in [0, 0.05) is 23.1 Å². The van der Waals surface area contributed by atoms with Crippen LogP contribution in [0.1, 0.15) is 11.3 Å². The second kappa shape index (κ2) is 4.33. The molecule has 0 aliphatic carbocycles. The van der Waals surface area contributed by atoms with Crippen LogP contribution in [0.25, 0.3) is 11.1 Å². The monoisotopic (exact) mass is 252 g/mol. The lowest BCUT2D eigenvalue weighted by molar-refractivity contribution is -0.137. The summed E-state index contributed by atoms with van der Waals surface area (Å²) in [6, 6.07) is 7.00. The third-order valence-electron chi connectivity index (χ3n) is 2.65. The molecule has 2 aromatic rings. The molecule has 1 aromatic heterocycles. The molecule has 1 heterocycles. The van der Waals surface area contributed by atoms with Crippen LogP contribution < -0.4 is 5.73 Å². The first-order chi connectivity index (χ1) is 8.39. The third kappa shape index (κ3) is 2.30. The number of pyridine rings is 1. The molecule has 1 aromatic carbocycles. The van der Waals surface area contributed by atoms with Gasteiger partial charge in [0.25, 0.3) is 0 Å². The summed E-state index contributed by atoms with van der Waals surface area (Å²) in [5.74, 6) is 0. The Labute approximate surface area is 102 Å². The van der Waals surface area contributed by atoms with Crippen molar-refractivity contribution in [2.24, 2.45) is 0 Å². The van der Waals surface area contributed by atoms with Gasteiger partial charge >= 0.3 is 6.18 Å². The molecule has 0 atom stereocenters. The molecule has 94 valence electrons. The van der Waals surface area contributed by atoms with E-state index in [4.69, 9.17) is 5.73 Å². The van der Waals surface area contributed by atoms with Crippen LogP contribution in [-0.2, 0) is 6.18 Å². The highest BCUT2D eigenvalue weighted by atomic mass is 19.4. The second-order valence-corrected chi connectivity index (χ2v) is 3.94. The fourth-order valence-electron chi connectivity index (χ4n) is 1.80. The van der Waals surface area contributed by atoms with E-state index in [2.05, 4.69) is 4.98 Å². The Morgan fingerprint density at radius 3 is 2.44 bits per heavy atom. The van der Waals surface area contributed by atoms with E-state index in [9.17, 15) is 13.2 Å². The zero-order valence-electron chi connectivity index (χ0n) is 9.62. The van der Waals surface area contributed by atoms with Gasteiger partial charge in [-0.3, -0.25) is 4.98 Å². The van der Waals surface area contributed by atoms with Gasteiger partial charge in [0.05, 0.1) is 5.56 Å². The van der Waals surface area contributed by atoms with Crippen molar-refractivity contribution in [3.63, 3.8) is 0 Å². The van der Waals surface area contributed by atoms with Gasteiger partial charge in [-0.1, -0.05) is 12.1 Å². The van der Waals surface area contributed by atoms with Crippen LogP contribution in [0.5, 0.6) is 0 Å². The van der Waals surface area contributed by atoms with Crippen molar-refractivity contribution in [3.8, 4) is 11.1 Å². The van der Waals surface area contributed by atoms with Gasteiger partial charge in [0.2, 0.25) is 0 Å². The highest BCUT2D eigenvalue weighted by Gasteiger charge is 2.34. The maximum atomic E-state index is 13.0. The maximum absolute atomic E-state index is 13.0. The molecule has 5 heteroatoms. The molecule has 0 amide bonds. The molecule has 0 aliphatic rings. The van der Waals surface area contributed by atoms with Crippen LogP contribution in [0.2, 0.25) is 0 Å². The Bertz CT molecular complexity index is 577. The summed E-state index contributed by atoms with van der Waals surface area (Å²) in [6.45, 7) is 1.67. The molecule has 0 bridgehead atoms. The van der Waals surface area contributed by atoms with E-state index in [1.54, 1.807) is 25.3 Å². The van der Waals surface area contributed by atoms with E-state index in [-0.39, 0.29) is 11.3 Å². The molecular weight excluding hydrogens is 241 g/mol. The van der Waals surface area contributed by atoms with Crippen LogP contribution in [0.4, 0.5) is 18.9 Å². The normalized spacial score (nSPS) is 11.6. The van der Waals surface area contributed by atoms with Crippen LogP contribution in [0, 0.1) is 6.92 Å². The fourth-order valence-corrected chi connectivity index (χ4v) is 1.80. The Hall–Kier alpha value is -2.04. The van der Waals surface area contributed by atoms with Crippen molar-refractivity contribution >= 4 is 5.69 Å². The molecule has 0 aliphatic heterocycles. The lowest BCUT2D eigenvalue weighted by Gasteiger charge is -2.14. The first kappa shape index (κ1) is 12.4. The topological polar surface area (TPSA) is 38.9 Å². The lowest BCUT2D eigenvalue weighted by atomic mass is 9.98. The SMILES string of the molecule is Cc1ncccc1-c1ccc(N)cc1C(F)(F)F. The van der Waals surface area contributed by atoms with Gasteiger partial charge in [-0.05, 0) is 30.7 Å². The van der Waals surface area contributed by atoms with Crippen LogP contribution >= 0.6 is 0 Å². The van der Waals surface area contributed by atoms with E-state index in [0.717, 1.165) is 6.07 Å². The standard InChI is InChI=1S/C13H11F3N2/c1-8-10(3-2-6-18-8)11-5-4-9(17)7-12(11)13(14,15)16/h2-7H,17H2,1H3. The van der Waals surface area contributed by atoms with E-state index in [0.29, 0.717) is 11.3 Å². The Morgan fingerprint density at radius 2 is 1.83 bits per heavy atom. The second-order valence-electron chi connectivity index (χ2n) is 3.94. The molecule has 0 radical (unpaired) electrons. The number of aryl methyl sites for hydroxylation is 1.